The van der Waals surface area contributed by atoms with Gasteiger partial charge >= 0.3 is 0 Å². The van der Waals surface area contributed by atoms with Gasteiger partial charge in [0.15, 0.2) is 5.78 Å². The van der Waals surface area contributed by atoms with Crippen molar-refractivity contribution in [2.75, 3.05) is 5.32 Å². The van der Waals surface area contributed by atoms with E-state index < -0.39 is 0 Å². The van der Waals surface area contributed by atoms with E-state index in [0.717, 1.165) is 33.5 Å². The van der Waals surface area contributed by atoms with Gasteiger partial charge < -0.3 is 9.88 Å². The van der Waals surface area contributed by atoms with Gasteiger partial charge in [0.2, 0.25) is 0 Å². The normalized spacial score (nSPS) is 14.5. The molecule has 0 unspecified atom stereocenters. The van der Waals surface area contributed by atoms with Crippen LogP contribution in [0, 0.1) is 0 Å². The van der Waals surface area contributed by atoms with Crippen LogP contribution < -0.4 is 5.32 Å². The third kappa shape index (κ3) is 4.40. The fourth-order valence-corrected chi connectivity index (χ4v) is 4.48. The molecular formula is C26H27N5O. The van der Waals surface area contributed by atoms with E-state index in [-0.39, 0.29) is 12.2 Å². The van der Waals surface area contributed by atoms with E-state index >= 15 is 0 Å². The third-order valence-corrected chi connectivity index (χ3v) is 6.27. The zero-order chi connectivity index (χ0) is 21.9. The van der Waals surface area contributed by atoms with E-state index in [4.69, 9.17) is 0 Å². The topological polar surface area (TPSA) is 72.7 Å². The number of aryl methyl sites for hydroxylation is 1. The maximum Gasteiger partial charge on any atom is 0.169 e. The number of Topliss-reactive ketones (excluding diaryl/α,β-unsaturated/α-hetero) is 1. The van der Waals surface area contributed by atoms with Crippen molar-refractivity contribution < 1.29 is 4.79 Å². The Morgan fingerprint density at radius 1 is 1.03 bits per heavy atom. The number of nitrogens with zero attached hydrogens (tertiary/aromatic N) is 4. The van der Waals surface area contributed by atoms with Crippen molar-refractivity contribution >= 4 is 22.4 Å². The summed E-state index contributed by atoms with van der Waals surface area (Å²) >= 11 is 0. The Morgan fingerprint density at radius 3 is 2.72 bits per heavy atom. The maximum atomic E-state index is 13.0. The Labute approximate surface area is 187 Å². The molecule has 32 heavy (non-hydrogen) atoms. The molecule has 0 atom stereocenters. The lowest BCUT2D eigenvalue weighted by Crippen LogP contribution is -2.23. The summed E-state index contributed by atoms with van der Waals surface area (Å²) in [6.45, 7) is 0. The molecule has 1 saturated carbocycles. The van der Waals surface area contributed by atoms with Crippen molar-refractivity contribution in [3.63, 3.8) is 0 Å². The first-order chi connectivity index (χ1) is 15.7. The highest BCUT2D eigenvalue weighted by Crippen LogP contribution is 2.25. The zero-order valence-corrected chi connectivity index (χ0v) is 18.3. The average molecular weight is 426 g/mol. The molecule has 6 nitrogen and oxygen atoms in total. The quantitative estimate of drug-likeness (QED) is 0.430. The number of nitrogens with one attached hydrogen (secondary N) is 1. The molecule has 0 spiro atoms. The molecule has 0 radical (unpaired) electrons. The maximum absolute atomic E-state index is 13.0. The number of imidazole rings is 1. The molecule has 0 amide bonds. The number of hydrogen-bond acceptors (Lipinski definition) is 5. The highest BCUT2D eigenvalue weighted by atomic mass is 16.1. The monoisotopic (exact) mass is 425 g/mol. The summed E-state index contributed by atoms with van der Waals surface area (Å²) in [6, 6.07) is 12.4. The van der Waals surface area contributed by atoms with Gasteiger partial charge in [-0.2, -0.15) is 0 Å². The molecule has 6 heteroatoms. The van der Waals surface area contributed by atoms with Gasteiger partial charge in [0.25, 0.3) is 0 Å². The molecule has 162 valence electrons. The van der Waals surface area contributed by atoms with Crippen LogP contribution in [0.5, 0.6) is 0 Å². The molecule has 1 N–H and O–H groups in total. The average Bonchev–Trinajstić information content (AvgIpc) is 3.25. The van der Waals surface area contributed by atoms with Gasteiger partial charge in [-0.3, -0.25) is 9.78 Å². The van der Waals surface area contributed by atoms with Crippen LogP contribution in [0.3, 0.4) is 0 Å². The SMILES string of the molecule is Cn1cncc1-c1ccc2cnc(CC(=O)c3ccnc(NC4CCCCC4)c3)cc2c1. The number of fused-ring (bicyclic) bond motifs is 1. The number of benzene rings is 1. The van der Waals surface area contributed by atoms with Crippen molar-refractivity contribution in [1.29, 1.82) is 0 Å². The van der Waals surface area contributed by atoms with Crippen LogP contribution in [0.2, 0.25) is 0 Å². The van der Waals surface area contributed by atoms with Gasteiger partial charge in [0, 0.05) is 47.7 Å². The van der Waals surface area contributed by atoms with E-state index in [0.29, 0.717) is 11.6 Å². The summed E-state index contributed by atoms with van der Waals surface area (Å²) in [6.07, 6.45) is 13.6. The molecule has 3 heterocycles. The molecule has 4 aromatic rings. The predicted molar refractivity (Wildman–Crippen MR) is 127 cm³/mol. The molecule has 1 fully saturated rings. The lowest BCUT2D eigenvalue weighted by molar-refractivity contribution is 0.0992. The van der Waals surface area contributed by atoms with Crippen molar-refractivity contribution in [3.05, 3.63) is 72.6 Å². The summed E-state index contributed by atoms with van der Waals surface area (Å²) < 4.78 is 2.00. The lowest BCUT2D eigenvalue weighted by Gasteiger charge is -2.23. The molecular weight excluding hydrogens is 398 g/mol. The first kappa shape index (κ1) is 20.4. The largest absolute Gasteiger partial charge is 0.367 e. The van der Waals surface area contributed by atoms with Crippen LogP contribution in [0.1, 0.15) is 48.2 Å². The summed E-state index contributed by atoms with van der Waals surface area (Å²) in [5.41, 5.74) is 3.58. The second kappa shape index (κ2) is 8.91. The standard InChI is InChI=1S/C26H27N5O/c1-31-17-27-16-24(31)18-7-8-20-15-29-23(12-21(20)11-18)14-25(32)19-9-10-28-26(13-19)30-22-5-3-2-4-6-22/h7-13,15-17,22H,2-6,14H2,1H3,(H,28,30). The minimum atomic E-state index is 0.0498. The van der Waals surface area contributed by atoms with Crippen molar-refractivity contribution in [2.24, 2.45) is 7.05 Å². The van der Waals surface area contributed by atoms with Gasteiger partial charge in [-0.05, 0) is 42.5 Å². The molecule has 1 aliphatic rings. The molecule has 0 bridgehead atoms. The molecule has 1 aromatic carbocycles. The summed E-state index contributed by atoms with van der Waals surface area (Å²) in [4.78, 5) is 26.1. The number of pyridine rings is 2. The molecule has 3 aromatic heterocycles. The summed E-state index contributed by atoms with van der Waals surface area (Å²) in [5, 5.41) is 5.62. The number of ketones is 1. The zero-order valence-electron chi connectivity index (χ0n) is 18.3. The van der Waals surface area contributed by atoms with E-state index in [2.05, 4.69) is 38.5 Å². The van der Waals surface area contributed by atoms with Gasteiger partial charge in [-0.1, -0.05) is 31.4 Å². The number of rotatable bonds is 6. The molecule has 0 saturated heterocycles. The van der Waals surface area contributed by atoms with Gasteiger partial charge in [0.05, 0.1) is 24.6 Å². The molecule has 0 aliphatic heterocycles. The first-order valence-corrected chi connectivity index (χ1v) is 11.3. The lowest BCUT2D eigenvalue weighted by atomic mass is 9.95. The van der Waals surface area contributed by atoms with Crippen LogP contribution in [-0.2, 0) is 13.5 Å². The first-order valence-electron chi connectivity index (χ1n) is 11.3. The van der Waals surface area contributed by atoms with Crippen molar-refractivity contribution in [2.45, 2.75) is 44.6 Å². The fraction of sp³-hybridized carbons (Fsp3) is 0.308. The number of aromatic nitrogens is 4. The second-order valence-electron chi connectivity index (χ2n) is 8.64. The second-order valence-corrected chi connectivity index (χ2v) is 8.64. The highest BCUT2D eigenvalue weighted by molar-refractivity contribution is 5.98. The fourth-order valence-electron chi connectivity index (χ4n) is 4.48. The van der Waals surface area contributed by atoms with Crippen LogP contribution in [0.4, 0.5) is 5.82 Å². The number of carbonyl (C=O) groups excluding carboxylic acids is 1. The molecule has 1 aliphatic carbocycles. The van der Waals surface area contributed by atoms with E-state index in [9.17, 15) is 4.79 Å². The highest BCUT2D eigenvalue weighted by Gasteiger charge is 2.15. The Bertz CT molecular complexity index is 1260. The van der Waals surface area contributed by atoms with E-state index in [1.54, 1.807) is 18.6 Å². The van der Waals surface area contributed by atoms with E-state index in [1.807, 2.05) is 36.1 Å². The van der Waals surface area contributed by atoms with Crippen molar-refractivity contribution in [3.8, 4) is 11.3 Å². The Morgan fingerprint density at radius 2 is 1.91 bits per heavy atom. The van der Waals surface area contributed by atoms with Crippen LogP contribution >= 0.6 is 0 Å². The summed E-state index contributed by atoms with van der Waals surface area (Å²) in [5.74, 6) is 0.837. The van der Waals surface area contributed by atoms with Crippen LogP contribution in [-0.4, -0.2) is 31.3 Å². The van der Waals surface area contributed by atoms with Crippen LogP contribution in [0.15, 0.2) is 61.3 Å². The number of hydrogen-bond donors (Lipinski definition) is 1. The predicted octanol–water partition coefficient (Wildman–Crippen LogP) is 5.20. The minimum absolute atomic E-state index is 0.0498. The van der Waals surface area contributed by atoms with Crippen LogP contribution in [0.25, 0.3) is 22.0 Å². The minimum Gasteiger partial charge on any atom is -0.367 e. The number of anilines is 1. The summed E-state index contributed by atoms with van der Waals surface area (Å²) in [7, 11) is 1.98. The smallest absolute Gasteiger partial charge is 0.169 e. The van der Waals surface area contributed by atoms with E-state index in [1.165, 1.54) is 32.1 Å². The Hall–Kier alpha value is -3.54. The molecule has 5 rings (SSSR count). The third-order valence-electron chi connectivity index (χ3n) is 6.27. The number of carbonyl (C=O) groups is 1. The van der Waals surface area contributed by atoms with Gasteiger partial charge in [-0.15, -0.1) is 0 Å². The van der Waals surface area contributed by atoms with Crippen molar-refractivity contribution in [1.82, 2.24) is 19.5 Å². The van der Waals surface area contributed by atoms with Gasteiger partial charge in [-0.25, -0.2) is 9.97 Å². The van der Waals surface area contributed by atoms with Gasteiger partial charge in [0.1, 0.15) is 5.82 Å². The Kier molecular flexibility index (Phi) is 5.67. The Balaban J connectivity index is 1.34.